The molecule has 1 N–H and O–H groups in total. The van der Waals surface area contributed by atoms with Gasteiger partial charge in [0.2, 0.25) is 0 Å². The van der Waals surface area contributed by atoms with Gasteiger partial charge in [-0.05, 0) is 49.6 Å². The van der Waals surface area contributed by atoms with Crippen LogP contribution in [0.5, 0.6) is 5.75 Å². The Kier molecular flexibility index (Phi) is 7.89. The van der Waals surface area contributed by atoms with E-state index in [1.54, 1.807) is 24.4 Å². The first-order chi connectivity index (χ1) is 14.9. The fourth-order valence-electron chi connectivity index (χ4n) is 3.73. The predicted octanol–water partition coefficient (Wildman–Crippen LogP) is 5.67. The lowest BCUT2D eigenvalue weighted by atomic mass is 9.76. The van der Waals surface area contributed by atoms with Crippen molar-refractivity contribution in [2.75, 3.05) is 0 Å². The largest absolute Gasteiger partial charge is 0.490 e. The van der Waals surface area contributed by atoms with Crippen LogP contribution >= 0.6 is 0 Å². The number of alkyl halides is 3. The van der Waals surface area contributed by atoms with Crippen molar-refractivity contribution in [1.29, 1.82) is 5.26 Å². The lowest BCUT2D eigenvalue weighted by molar-refractivity contribution is -0.138. The van der Waals surface area contributed by atoms with Crippen LogP contribution in [0.25, 0.3) is 0 Å². The zero-order valence-corrected chi connectivity index (χ0v) is 18.9. The summed E-state index contributed by atoms with van der Waals surface area (Å²) >= 11 is 0. The molecule has 2 rings (SSSR count). The highest BCUT2D eigenvalue weighted by Crippen LogP contribution is 2.37. The lowest BCUT2D eigenvalue weighted by Crippen LogP contribution is -2.52. The summed E-state index contributed by atoms with van der Waals surface area (Å²) in [5, 5.41) is 12.0. The van der Waals surface area contributed by atoms with Gasteiger partial charge in [0, 0.05) is 17.7 Å². The summed E-state index contributed by atoms with van der Waals surface area (Å²) in [7, 11) is 0. The Morgan fingerprint density at radius 2 is 1.88 bits per heavy atom. The van der Waals surface area contributed by atoms with E-state index in [0.717, 1.165) is 17.7 Å². The van der Waals surface area contributed by atoms with Crippen LogP contribution in [0, 0.1) is 23.7 Å². The first kappa shape index (κ1) is 25.2. The third kappa shape index (κ3) is 5.78. The summed E-state index contributed by atoms with van der Waals surface area (Å²) < 4.78 is 45.9. The molecule has 0 radical (unpaired) electrons. The molecule has 1 aromatic carbocycles. The monoisotopic (exact) mass is 447 g/mol. The molecule has 1 heterocycles. The summed E-state index contributed by atoms with van der Waals surface area (Å²) in [6.07, 6.45) is -2.45. The topological polar surface area (TPSA) is 75.0 Å². The number of benzene rings is 1. The van der Waals surface area contributed by atoms with Crippen LogP contribution < -0.4 is 10.1 Å². The van der Waals surface area contributed by atoms with Gasteiger partial charge in [-0.3, -0.25) is 9.78 Å². The van der Waals surface area contributed by atoms with Crippen LogP contribution in [0.2, 0.25) is 0 Å². The number of aromatic nitrogens is 1. The maximum absolute atomic E-state index is 13.3. The van der Waals surface area contributed by atoms with Crippen LogP contribution in [0.3, 0.4) is 0 Å². The second kappa shape index (κ2) is 10.0. The van der Waals surface area contributed by atoms with Crippen LogP contribution in [-0.2, 0) is 6.18 Å². The van der Waals surface area contributed by atoms with Crippen molar-refractivity contribution >= 4 is 5.91 Å². The molecule has 0 aliphatic carbocycles. The number of ether oxygens (including phenoxy) is 1. The van der Waals surface area contributed by atoms with Crippen molar-refractivity contribution in [2.45, 2.75) is 65.8 Å². The van der Waals surface area contributed by atoms with E-state index >= 15 is 0 Å². The Hall–Kier alpha value is -3.08. The maximum atomic E-state index is 13.3. The highest BCUT2D eigenvalue weighted by atomic mass is 19.4. The van der Waals surface area contributed by atoms with Crippen molar-refractivity contribution in [3.8, 4) is 11.8 Å². The second-order valence-corrected chi connectivity index (χ2v) is 8.31. The van der Waals surface area contributed by atoms with E-state index in [1.807, 2.05) is 34.6 Å². The number of amides is 1. The van der Waals surface area contributed by atoms with Crippen molar-refractivity contribution in [3.63, 3.8) is 0 Å². The number of rotatable bonds is 8. The summed E-state index contributed by atoms with van der Waals surface area (Å²) in [6.45, 7) is 9.49. The smallest absolute Gasteiger partial charge is 0.417 e. The molecule has 0 saturated heterocycles. The Balaban J connectivity index is 2.26. The van der Waals surface area contributed by atoms with Gasteiger partial charge in [0.15, 0.2) is 0 Å². The van der Waals surface area contributed by atoms with E-state index in [0.29, 0.717) is 18.5 Å². The van der Waals surface area contributed by atoms with Gasteiger partial charge < -0.3 is 10.1 Å². The standard InChI is InChI=1S/C24H28F3N3O2/c1-6-20(30-22(31)19-11-8-15(3)14-29-19)23(4,5)21(7-2)32-17-10-9-16(13-28)18(12-17)24(25,26)27/h8-12,14,20-21H,6-7H2,1-5H3,(H,30,31)/t20-,21-/m0/s1. The van der Waals surface area contributed by atoms with Crippen molar-refractivity contribution in [2.24, 2.45) is 5.41 Å². The van der Waals surface area contributed by atoms with E-state index in [4.69, 9.17) is 10.00 Å². The number of nitrogens with one attached hydrogen (secondary N) is 1. The first-order valence-corrected chi connectivity index (χ1v) is 10.5. The summed E-state index contributed by atoms with van der Waals surface area (Å²) in [6, 6.07) is 8.03. The molecule has 32 heavy (non-hydrogen) atoms. The average Bonchev–Trinajstić information content (AvgIpc) is 2.75. The molecule has 8 heteroatoms. The van der Waals surface area contributed by atoms with Crippen molar-refractivity contribution in [1.82, 2.24) is 10.3 Å². The fourth-order valence-corrected chi connectivity index (χ4v) is 3.73. The number of hydrogen-bond acceptors (Lipinski definition) is 4. The number of aryl methyl sites for hydroxylation is 1. The van der Waals surface area contributed by atoms with Crippen molar-refractivity contribution in [3.05, 3.63) is 58.9 Å². The molecule has 0 fully saturated rings. The zero-order valence-electron chi connectivity index (χ0n) is 18.9. The SMILES string of the molecule is CC[C@H](NC(=O)c1ccc(C)cn1)C(C)(C)[C@H](CC)Oc1ccc(C#N)c(C(F)(F)F)c1. The van der Waals surface area contributed by atoms with E-state index in [-0.39, 0.29) is 17.7 Å². The van der Waals surface area contributed by atoms with Crippen LogP contribution in [-0.4, -0.2) is 23.0 Å². The molecule has 1 amide bonds. The summed E-state index contributed by atoms with van der Waals surface area (Å²) in [5.41, 5.74) is -0.872. The number of nitriles is 1. The number of nitrogens with zero attached hydrogens (tertiary/aromatic N) is 2. The minimum absolute atomic E-state index is 0.0256. The first-order valence-electron chi connectivity index (χ1n) is 10.5. The summed E-state index contributed by atoms with van der Waals surface area (Å²) in [5.74, 6) is -0.296. The molecule has 172 valence electrons. The van der Waals surface area contributed by atoms with E-state index in [1.165, 1.54) is 6.07 Å². The molecular weight excluding hydrogens is 419 g/mol. The van der Waals surface area contributed by atoms with E-state index in [9.17, 15) is 18.0 Å². The minimum Gasteiger partial charge on any atom is -0.490 e. The molecule has 0 saturated carbocycles. The predicted molar refractivity (Wildman–Crippen MR) is 115 cm³/mol. The lowest BCUT2D eigenvalue weighted by Gasteiger charge is -2.40. The highest BCUT2D eigenvalue weighted by molar-refractivity contribution is 5.92. The quantitative estimate of drug-likeness (QED) is 0.566. The molecule has 0 aliphatic heterocycles. The third-order valence-electron chi connectivity index (χ3n) is 5.65. The normalized spacial score (nSPS) is 13.7. The van der Waals surface area contributed by atoms with Gasteiger partial charge in [0.05, 0.1) is 17.2 Å². The molecule has 0 spiro atoms. The average molecular weight is 448 g/mol. The van der Waals surface area contributed by atoms with E-state index < -0.39 is 28.8 Å². The zero-order chi connectivity index (χ0) is 24.1. The Bertz CT molecular complexity index is 979. The van der Waals surface area contributed by atoms with Gasteiger partial charge in [-0.1, -0.05) is 33.8 Å². The van der Waals surface area contributed by atoms with Gasteiger partial charge in [0.25, 0.3) is 5.91 Å². The number of pyridine rings is 1. The molecule has 0 bridgehead atoms. The number of hydrogen-bond donors (Lipinski definition) is 1. The summed E-state index contributed by atoms with van der Waals surface area (Å²) in [4.78, 5) is 16.8. The van der Waals surface area contributed by atoms with Gasteiger partial charge in [0.1, 0.15) is 17.5 Å². The van der Waals surface area contributed by atoms with Crippen LogP contribution in [0.4, 0.5) is 13.2 Å². The highest BCUT2D eigenvalue weighted by Gasteiger charge is 2.39. The number of carbonyl (C=O) groups is 1. The maximum Gasteiger partial charge on any atom is 0.417 e. The van der Waals surface area contributed by atoms with Gasteiger partial charge in [-0.25, -0.2) is 0 Å². The Labute approximate surface area is 186 Å². The molecule has 5 nitrogen and oxygen atoms in total. The van der Waals surface area contributed by atoms with Gasteiger partial charge >= 0.3 is 6.18 Å². The number of halogens is 3. The van der Waals surface area contributed by atoms with Crippen molar-refractivity contribution < 1.29 is 22.7 Å². The van der Waals surface area contributed by atoms with Gasteiger partial charge in [-0.15, -0.1) is 0 Å². The van der Waals surface area contributed by atoms with Crippen LogP contribution in [0.1, 0.15) is 67.7 Å². The molecule has 2 atom stereocenters. The molecule has 1 aromatic heterocycles. The third-order valence-corrected chi connectivity index (χ3v) is 5.65. The van der Waals surface area contributed by atoms with E-state index in [2.05, 4.69) is 10.3 Å². The minimum atomic E-state index is -4.66. The molecule has 0 aliphatic rings. The Morgan fingerprint density at radius 1 is 1.19 bits per heavy atom. The van der Waals surface area contributed by atoms with Crippen LogP contribution in [0.15, 0.2) is 36.5 Å². The molecule has 0 unspecified atom stereocenters. The number of carbonyl (C=O) groups excluding carboxylic acids is 1. The fraction of sp³-hybridized carbons (Fsp3) is 0.458. The molecular formula is C24H28F3N3O2. The Morgan fingerprint density at radius 3 is 2.38 bits per heavy atom. The second-order valence-electron chi connectivity index (χ2n) is 8.31. The van der Waals surface area contributed by atoms with Gasteiger partial charge in [-0.2, -0.15) is 18.4 Å². The molecule has 2 aromatic rings.